The average molecular weight is 596 g/mol. The minimum atomic E-state index is -4.26. The molecule has 0 saturated carbocycles. The van der Waals surface area contributed by atoms with Crippen LogP contribution in [-0.2, 0) is 21.4 Å². The van der Waals surface area contributed by atoms with Crippen molar-refractivity contribution in [2.75, 3.05) is 32.7 Å². The van der Waals surface area contributed by atoms with Crippen LogP contribution in [0.2, 0.25) is 10.0 Å². The Hall–Kier alpha value is -3.18. The number of nitrogens with zero attached hydrogens (tertiary/aromatic N) is 1. The van der Waals surface area contributed by atoms with Gasteiger partial charge in [-0.25, -0.2) is 4.79 Å². The first kappa shape index (κ1) is 28.8. The summed E-state index contributed by atoms with van der Waals surface area (Å²) in [6, 6.07) is 15.4. The van der Waals surface area contributed by atoms with Gasteiger partial charge < -0.3 is 28.6 Å². The largest absolute Gasteiger partial charge is 0.495 e. The van der Waals surface area contributed by atoms with Crippen molar-refractivity contribution in [2.45, 2.75) is 30.4 Å². The van der Waals surface area contributed by atoms with E-state index >= 15 is 0 Å². The maximum absolute atomic E-state index is 13.4. The third-order valence-electron chi connectivity index (χ3n) is 6.06. The molecule has 208 valence electrons. The van der Waals surface area contributed by atoms with E-state index in [0.29, 0.717) is 30.2 Å². The molecule has 0 aliphatic carbocycles. The van der Waals surface area contributed by atoms with Crippen molar-refractivity contribution in [3.05, 3.63) is 76.3 Å². The average Bonchev–Trinajstić information content (AvgIpc) is 3.43. The Morgan fingerprint density at radius 3 is 2.46 bits per heavy atom. The summed E-state index contributed by atoms with van der Waals surface area (Å²) >= 11 is 11.9. The maximum atomic E-state index is 13.4. The third-order valence-corrected chi connectivity index (χ3v) is 8.03. The van der Waals surface area contributed by atoms with E-state index < -0.39 is 10.1 Å². The summed E-state index contributed by atoms with van der Waals surface area (Å²) in [5.41, 5.74) is 1.14. The van der Waals surface area contributed by atoms with Crippen molar-refractivity contribution in [1.82, 2.24) is 4.90 Å². The maximum Gasteiger partial charge on any atom is 0.339 e. The number of nitrogens with one attached hydrogen (secondary N) is 1. The SMILES string of the molecule is COc1ccccc1NC(=O)N(Cc1ccc(OC)c(OS(=O)(=O)c2ccc(Cl)c(Cl)c2)c1)C[C@@H]1CCCO1. The molecule has 1 atom stereocenters. The number of ether oxygens (including phenoxy) is 3. The lowest BCUT2D eigenvalue weighted by atomic mass is 10.1. The molecule has 0 radical (unpaired) electrons. The zero-order chi connectivity index (χ0) is 28.0. The van der Waals surface area contributed by atoms with Crippen LogP contribution in [0.15, 0.2) is 65.6 Å². The van der Waals surface area contributed by atoms with Gasteiger partial charge in [-0.3, -0.25) is 0 Å². The monoisotopic (exact) mass is 594 g/mol. The van der Waals surface area contributed by atoms with Crippen LogP contribution < -0.4 is 19.0 Å². The Morgan fingerprint density at radius 1 is 1.00 bits per heavy atom. The highest BCUT2D eigenvalue weighted by Crippen LogP contribution is 2.33. The fraction of sp³-hybridized carbons (Fsp3) is 0.296. The number of hydrogen-bond acceptors (Lipinski definition) is 7. The van der Waals surface area contributed by atoms with Gasteiger partial charge in [0.05, 0.1) is 36.1 Å². The number of anilines is 1. The van der Waals surface area contributed by atoms with Gasteiger partial charge in [0.1, 0.15) is 10.6 Å². The predicted molar refractivity (Wildman–Crippen MR) is 149 cm³/mol. The molecular formula is C27H28Cl2N2O7S. The molecule has 1 aliphatic rings. The first-order valence-corrected chi connectivity index (χ1v) is 14.2. The van der Waals surface area contributed by atoms with Crippen LogP contribution in [-0.4, -0.2) is 52.8 Å². The Bertz CT molecular complexity index is 1430. The summed E-state index contributed by atoms with van der Waals surface area (Å²) in [6.45, 7) is 1.12. The molecule has 1 fully saturated rings. The van der Waals surface area contributed by atoms with Gasteiger partial charge in [-0.1, -0.05) is 41.4 Å². The fourth-order valence-electron chi connectivity index (χ4n) is 4.10. The second-order valence-electron chi connectivity index (χ2n) is 8.74. The highest BCUT2D eigenvalue weighted by atomic mass is 35.5. The van der Waals surface area contributed by atoms with Gasteiger partial charge in [0.25, 0.3) is 0 Å². The van der Waals surface area contributed by atoms with Crippen LogP contribution in [0.4, 0.5) is 10.5 Å². The highest BCUT2D eigenvalue weighted by Gasteiger charge is 2.25. The Kier molecular flexibility index (Phi) is 9.45. The normalized spacial score (nSPS) is 15.0. The lowest BCUT2D eigenvalue weighted by Gasteiger charge is -2.26. The number of para-hydroxylation sites is 2. The van der Waals surface area contributed by atoms with Gasteiger partial charge in [-0.15, -0.1) is 0 Å². The van der Waals surface area contributed by atoms with Crippen molar-refractivity contribution in [3.8, 4) is 17.2 Å². The van der Waals surface area contributed by atoms with E-state index in [1.807, 2.05) is 6.07 Å². The Balaban J connectivity index is 1.59. The van der Waals surface area contributed by atoms with Gasteiger partial charge in [0, 0.05) is 19.7 Å². The molecule has 9 nitrogen and oxygen atoms in total. The van der Waals surface area contributed by atoms with Crippen molar-refractivity contribution in [2.24, 2.45) is 0 Å². The topological polar surface area (TPSA) is 103 Å². The van der Waals surface area contributed by atoms with Crippen LogP contribution in [0.25, 0.3) is 0 Å². The minimum Gasteiger partial charge on any atom is -0.495 e. The number of halogens is 2. The van der Waals surface area contributed by atoms with Crippen molar-refractivity contribution < 1.29 is 31.6 Å². The lowest BCUT2D eigenvalue weighted by molar-refractivity contribution is 0.0819. The van der Waals surface area contributed by atoms with Crippen molar-refractivity contribution >= 4 is 45.0 Å². The number of methoxy groups -OCH3 is 2. The van der Waals surface area contributed by atoms with E-state index in [1.165, 1.54) is 38.5 Å². The van der Waals surface area contributed by atoms with Gasteiger partial charge in [-0.05, 0) is 60.9 Å². The third kappa shape index (κ3) is 7.27. The van der Waals surface area contributed by atoms with Gasteiger partial charge in [-0.2, -0.15) is 8.42 Å². The van der Waals surface area contributed by atoms with E-state index in [1.54, 1.807) is 35.2 Å². The molecule has 3 aromatic rings. The van der Waals surface area contributed by atoms with Crippen molar-refractivity contribution in [3.63, 3.8) is 0 Å². The van der Waals surface area contributed by atoms with Gasteiger partial charge in [0.2, 0.25) is 0 Å². The molecule has 0 aromatic heterocycles. The fourth-order valence-corrected chi connectivity index (χ4v) is 5.42. The number of hydrogen-bond donors (Lipinski definition) is 1. The summed E-state index contributed by atoms with van der Waals surface area (Å²) in [5, 5.41) is 3.19. The second kappa shape index (κ2) is 12.8. The molecular weight excluding hydrogens is 567 g/mol. The molecule has 1 heterocycles. The summed E-state index contributed by atoms with van der Waals surface area (Å²) in [4.78, 5) is 14.8. The molecule has 39 heavy (non-hydrogen) atoms. The van der Waals surface area contributed by atoms with Crippen LogP contribution in [0.1, 0.15) is 18.4 Å². The summed E-state index contributed by atoms with van der Waals surface area (Å²) in [7, 11) is -1.33. The number of benzene rings is 3. The smallest absolute Gasteiger partial charge is 0.339 e. The van der Waals surface area contributed by atoms with Gasteiger partial charge in [0.15, 0.2) is 11.5 Å². The molecule has 0 unspecified atom stereocenters. The number of urea groups is 1. The zero-order valence-corrected chi connectivity index (χ0v) is 23.7. The van der Waals surface area contributed by atoms with E-state index in [-0.39, 0.29) is 45.1 Å². The van der Waals surface area contributed by atoms with Gasteiger partial charge >= 0.3 is 16.1 Å². The molecule has 2 amide bonds. The first-order valence-electron chi connectivity index (χ1n) is 12.1. The Labute approximate surface area is 237 Å². The van der Waals surface area contributed by atoms with Crippen LogP contribution >= 0.6 is 23.2 Å². The number of carbonyl (C=O) groups excluding carboxylic acids is 1. The second-order valence-corrected chi connectivity index (χ2v) is 11.1. The predicted octanol–water partition coefficient (Wildman–Crippen LogP) is 5.99. The van der Waals surface area contributed by atoms with Crippen LogP contribution in [0.5, 0.6) is 17.2 Å². The number of carbonyl (C=O) groups is 1. The molecule has 1 saturated heterocycles. The highest BCUT2D eigenvalue weighted by molar-refractivity contribution is 7.87. The van der Waals surface area contributed by atoms with E-state index in [4.69, 9.17) is 41.6 Å². The molecule has 0 spiro atoms. The molecule has 3 aromatic carbocycles. The van der Waals surface area contributed by atoms with Crippen molar-refractivity contribution in [1.29, 1.82) is 0 Å². The summed E-state index contributed by atoms with van der Waals surface area (Å²) in [5.74, 6) is 0.686. The number of rotatable bonds is 10. The van der Waals surface area contributed by atoms with E-state index in [2.05, 4.69) is 5.32 Å². The summed E-state index contributed by atoms with van der Waals surface area (Å²) in [6.07, 6.45) is 1.63. The summed E-state index contributed by atoms with van der Waals surface area (Å²) < 4.78 is 47.9. The molecule has 4 rings (SSSR count). The molecule has 12 heteroatoms. The molecule has 1 N–H and O–H groups in total. The van der Waals surface area contributed by atoms with Crippen LogP contribution in [0.3, 0.4) is 0 Å². The quantitative estimate of drug-likeness (QED) is 0.287. The molecule has 1 aliphatic heterocycles. The standard InChI is InChI=1S/C27H28Cl2N2O7S/c1-35-24-8-4-3-7-23(24)30-27(32)31(17-19-6-5-13-37-19)16-18-9-12-25(36-2)26(14-18)38-39(33,34)20-10-11-21(28)22(29)15-20/h3-4,7-12,14-15,19H,5-6,13,16-17H2,1-2H3,(H,30,32)/t19-/m0/s1. The first-order chi connectivity index (χ1) is 18.7. The van der Waals surface area contributed by atoms with E-state index in [9.17, 15) is 13.2 Å². The molecule has 0 bridgehead atoms. The Morgan fingerprint density at radius 2 is 1.77 bits per heavy atom. The number of amides is 2. The van der Waals surface area contributed by atoms with Crippen LogP contribution in [0, 0.1) is 0 Å². The van der Waals surface area contributed by atoms with E-state index in [0.717, 1.165) is 12.8 Å². The zero-order valence-electron chi connectivity index (χ0n) is 21.4. The lowest BCUT2D eigenvalue weighted by Crippen LogP contribution is -2.39. The minimum absolute atomic E-state index is 0.0386.